The van der Waals surface area contributed by atoms with E-state index in [2.05, 4.69) is 10.2 Å². The highest BCUT2D eigenvalue weighted by molar-refractivity contribution is 8.03. The zero-order valence-electron chi connectivity index (χ0n) is 19.3. The van der Waals surface area contributed by atoms with E-state index in [1.165, 1.54) is 26.4 Å². The number of ether oxygens (including phenoxy) is 2. The van der Waals surface area contributed by atoms with Crippen molar-refractivity contribution in [2.75, 3.05) is 14.2 Å². The monoisotopic (exact) mass is 508 g/mol. The van der Waals surface area contributed by atoms with Gasteiger partial charge in [0, 0.05) is 23.3 Å². The van der Waals surface area contributed by atoms with Crippen molar-refractivity contribution in [2.24, 2.45) is 0 Å². The average molecular weight is 509 g/mol. The summed E-state index contributed by atoms with van der Waals surface area (Å²) in [6, 6.07) is 13.0. The molecular weight excluding hydrogens is 488 g/mol. The Hall–Kier alpha value is -4.51. The number of aryl methyl sites for hydroxylation is 1. The number of carboxylic acids is 2. The highest BCUT2D eigenvalue weighted by Gasteiger charge is 2.18. The molecule has 2 aromatic heterocycles. The normalized spacial score (nSPS) is 11.4. The van der Waals surface area contributed by atoms with Gasteiger partial charge in [-0.1, -0.05) is 6.07 Å². The number of aliphatic carboxylic acids is 1. The molecule has 0 spiro atoms. The van der Waals surface area contributed by atoms with Crippen LogP contribution in [0.2, 0.25) is 0 Å². The number of benzene rings is 2. The van der Waals surface area contributed by atoms with Crippen LogP contribution >= 0.6 is 11.8 Å². The van der Waals surface area contributed by atoms with Gasteiger partial charge in [0.15, 0.2) is 0 Å². The van der Waals surface area contributed by atoms with Gasteiger partial charge in [-0.3, -0.25) is 0 Å². The second-order valence-corrected chi connectivity index (χ2v) is 8.42. The molecule has 0 atom stereocenters. The maximum atomic E-state index is 11.9. The number of rotatable bonds is 9. The summed E-state index contributed by atoms with van der Waals surface area (Å²) in [6.07, 6.45) is 1.34. The van der Waals surface area contributed by atoms with Gasteiger partial charge in [0.1, 0.15) is 27.9 Å². The molecular formula is C25H20N2O8S. The minimum absolute atomic E-state index is 0.0207. The third-order valence-electron chi connectivity index (χ3n) is 5.05. The third-order valence-corrected chi connectivity index (χ3v) is 5.90. The van der Waals surface area contributed by atoms with Gasteiger partial charge in [-0.2, -0.15) is 0 Å². The smallest absolute Gasteiger partial charge is 0.342 e. The van der Waals surface area contributed by atoms with Gasteiger partial charge in [0.2, 0.25) is 5.89 Å². The predicted octanol–water partition coefficient (Wildman–Crippen LogP) is 5.24. The van der Waals surface area contributed by atoms with Gasteiger partial charge >= 0.3 is 11.9 Å². The number of hydrogen-bond donors (Lipinski definition) is 2. The average Bonchev–Trinajstić information content (AvgIpc) is 3.53. The van der Waals surface area contributed by atoms with E-state index in [-0.39, 0.29) is 27.3 Å². The van der Waals surface area contributed by atoms with Gasteiger partial charge in [-0.05, 0) is 60.6 Å². The van der Waals surface area contributed by atoms with Crippen molar-refractivity contribution < 1.29 is 38.1 Å². The molecule has 10 nitrogen and oxygen atoms in total. The number of carbonyl (C=O) groups is 2. The largest absolute Gasteiger partial charge is 0.497 e. The Morgan fingerprint density at radius 2 is 1.67 bits per heavy atom. The summed E-state index contributed by atoms with van der Waals surface area (Å²) in [5.74, 6) is -0.242. The Bertz CT molecular complexity index is 1450. The van der Waals surface area contributed by atoms with E-state index in [0.29, 0.717) is 33.9 Å². The van der Waals surface area contributed by atoms with Crippen LogP contribution in [0.3, 0.4) is 0 Å². The number of aromatic carboxylic acids is 1. The molecule has 0 aliphatic carbocycles. The van der Waals surface area contributed by atoms with Crippen LogP contribution in [-0.2, 0) is 4.79 Å². The molecule has 2 N–H and O–H groups in total. The summed E-state index contributed by atoms with van der Waals surface area (Å²) in [5, 5.41) is 26.8. The van der Waals surface area contributed by atoms with Crippen molar-refractivity contribution in [3.63, 3.8) is 0 Å². The molecule has 0 aliphatic rings. The van der Waals surface area contributed by atoms with Crippen LogP contribution in [0.1, 0.15) is 21.7 Å². The molecule has 2 aromatic carbocycles. The first-order valence-electron chi connectivity index (χ1n) is 10.4. The lowest BCUT2D eigenvalue weighted by molar-refractivity contribution is -0.131. The van der Waals surface area contributed by atoms with Crippen LogP contribution in [0.15, 0.2) is 67.5 Å². The van der Waals surface area contributed by atoms with Crippen LogP contribution in [0.25, 0.3) is 28.9 Å². The van der Waals surface area contributed by atoms with Gasteiger partial charge in [0.25, 0.3) is 5.22 Å². The SMILES string of the molecule is COc1cc(OC)cc(-c2nnc(S/C(=C\c3ccc(-c4ccc(C(=O)O)cc4C)o3)C(=O)O)o2)c1. The van der Waals surface area contributed by atoms with E-state index >= 15 is 0 Å². The minimum Gasteiger partial charge on any atom is -0.497 e. The van der Waals surface area contributed by atoms with Crippen molar-refractivity contribution in [3.8, 4) is 34.3 Å². The Morgan fingerprint density at radius 1 is 0.944 bits per heavy atom. The zero-order chi connectivity index (χ0) is 25.8. The summed E-state index contributed by atoms with van der Waals surface area (Å²) in [7, 11) is 3.04. The maximum Gasteiger partial charge on any atom is 0.342 e. The summed E-state index contributed by atoms with van der Waals surface area (Å²) in [4.78, 5) is 22.9. The van der Waals surface area contributed by atoms with Crippen molar-refractivity contribution in [1.82, 2.24) is 10.2 Å². The molecule has 2 heterocycles. The topological polar surface area (TPSA) is 145 Å². The first-order chi connectivity index (χ1) is 17.3. The standard InChI is InChI=1S/C25H20N2O8S/c1-13-8-14(23(28)29)4-6-19(13)20-7-5-16(34-20)12-21(24(30)31)36-25-27-26-22(35-25)15-9-17(32-2)11-18(10-15)33-3/h4-12H,1-3H3,(H,28,29)(H,30,31)/b21-12-. The molecule has 0 aliphatic heterocycles. The van der Waals surface area contributed by atoms with Crippen molar-refractivity contribution in [3.05, 3.63) is 70.3 Å². The molecule has 0 radical (unpaired) electrons. The molecule has 4 aromatic rings. The maximum absolute atomic E-state index is 11.9. The Labute approximate surface area is 209 Å². The van der Waals surface area contributed by atoms with E-state index in [1.54, 1.807) is 49.4 Å². The van der Waals surface area contributed by atoms with Gasteiger partial charge < -0.3 is 28.5 Å². The summed E-state index contributed by atoms with van der Waals surface area (Å²) in [5.41, 5.74) is 2.12. The van der Waals surface area contributed by atoms with E-state index in [9.17, 15) is 14.7 Å². The Morgan fingerprint density at radius 3 is 2.28 bits per heavy atom. The number of carboxylic acid groups (broad SMARTS) is 2. The van der Waals surface area contributed by atoms with Gasteiger partial charge in [-0.25, -0.2) is 9.59 Å². The molecule has 0 unspecified atom stereocenters. The van der Waals surface area contributed by atoms with E-state index < -0.39 is 11.9 Å². The number of nitrogens with zero attached hydrogens (tertiary/aromatic N) is 2. The van der Waals surface area contributed by atoms with Crippen LogP contribution in [0.5, 0.6) is 11.5 Å². The number of furan rings is 1. The Balaban J connectivity index is 1.57. The summed E-state index contributed by atoms with van der Waals surface area (Å²) < 4.78 is 21.9. The highest BCUT2D eigenvalue weighted by Crippen LogP contribution is 2.34. The van der Waals surface area contributed by atoms with Gasteiger partial charge in [-0.15, -0.1) is 10.2 Å². The lowest BCUT2D eigenvalue weighted by Gasteiger charge is -2.05. The first kappa shape index (κ1) is 24.6. The number of methoxy groups -OCH3 is 2. The molecule has 0 fully saturated rings. The fourth-order valence-corrected chi connectivity index (χ4v) is 3.96. The van der Waals surface area contributed by atoms with Crippen molar-refractivity contribution >= 4 is 29.8 Å². The van der Waals surface area contributed by atoms with E-state index in [1.807, 2.05) is 0 Å². The molecule has 11 heteroatoms. The van der Waals surface area contributed by atoms with Crippen LogP contribution in [0.4, 0.5) is 0 Å². The van der Waals surface area contributed by atoms with Gasteiger partial charge in [0.05, 0.1) is 19.8 Å². The number of hydrogen-bond acceptors (Lipinski definition) is 9. The van der Waals surface area contributed by atoms with Crippen LogP contribution < -0.4 is 9.47 Å². The first-order valence-corrected chi connectivity index (χ1v) is 11.2. The quantitative estimate of drug-likeness (QED) is 0.226. The number of thioether (sulfide) groups is 1. The van der Waals surface area contributed by atoms with Crippen LogP contribution in [-0.4, -0.2) is 46.6 Å². The molecule has 0 saturated carbocycles. The molecule has 4 rings (SSSR count). The lowest BCUT2D eigenvalue weighted by Crippen LogP contribution is -1.97. The third kappa shape index (κ3) is 5.41. The lowest BCUT2D eigenvalue weighted by atomic mass is 10.0. The zero-order valence-corrected chi connectivity index (χ0v) is 20.2. The van der Waals surface area contributed by atoms with Crippen LogP contribution in [0, 0.1) is 6.92 Å². The molecule has 0 bridgehead atoms. The van der Waals surface area contributed by atoms with E-state index in [0.717, 1.165) is 11.8 Å². The fraction of sp³-hybridized carbons (Fsp3) is 0.120. The summed E-state index contributed by atoms with van der Waals surface area (Å²) in [6.45, 7) is 1.77. The number of aromatic nitrogens is 2. The molecule has 0 saturated heterocycles. The Kier molecular flexibility index (Phi) is 7.11. The molecule has 184 valence electrons. The molecule has 36 heavy (non-hydrogen) atoms. The predicted molar refractivity (Wildman–Crippen MR) is 130 cm³/mol. The molecule has 0 amide bonds. The second-order valence-electron chi connectivity index (χ2n) is 7.43. The van der Waals surface area contributed by atoms with Crippen molar-refractivity contribution in [2.45, 2.75) is 12.1 Å². The second kappa shape index (κ2) is 10.4. The van der Waals surface area contributed by atoms with Crippen molar-refractivity contribution in [1.29, 1.82) is 0 Å². The fourth-order valence-electron chi connectivity index (χ4n) is 3.31. The van der Waals surface area contributed by atoms with E-state index in [4.69, 9.17) is 23.4 Å². The highest BCUT2D eigenvalue weighted by atomic mass is 32.2. The minimum atomic E-state index is -1.21. The summed E-state index contributed by atoms with van der Waals surface area (Å²) >= 11 is 0.774.